The van der Waals surface area contributed by atoms with E-state index in [9.17, 15) is 13.2 Å². The molecule has 0 aliphatic carbocycles. The molecule has 0 saturated carbocycles. The lowest BCUT2D eigenvalue weighted by atomic mass is 10.2. The minimum Gasteiger partial charge on any atom is -0.339 e. The lowest BCUT2D eigenvalue weighted by Gasteiger charge is -2.36. The Morgan fingerprint density at radius 2 is 1.89 bits per heavy atom. The molecule has 1 aliphatic heterocycles. The smallest absolute Gasteiger partial charge is 0.281 e. The average Bonchev–Trinajstić information content (AvgIpc) is 2.38. The first-order chi connectivity index (χ1) is 8.80. The molecule has 108 valence electrons. The van der Waals surface area contributed by atoms with Crippen LogP contribution in [0.5, 0.6) is 0 Å². The van der Waals surface area contributed by atoms with Gasteiger partial charge >= 0.3 is 0 Å². The van der Waals surface area contributed by atoms with Crippen LogP contribution in [0.2, 0.25) is 0 Å². The molecule has 1 heterocycles. The first-order valence-corrected chi connectivity index (χ1v) is 7.35. The maximum atomic E-state index is 11.9. The monoisotopic (exact) mass is 288 g/mol. The number of nitrogens with zero attached hydrogens (tertiary/aromatic N) is 3. The highest BCUT2D eigenvalue weighted by atomic mass is 32.2. The number of hydrogen-bond acceptors (Lipinski definition) is 4. The van der Waals surface area contributed by atoms with Gasteiger partial charge in [0.05, 0.1) is 6.04 Å². The zero-order valence-corrected chi connectivity index (χ0v) is 12.1. The van der Waals surface area contributed by atoms with Crippen LogP contribution >= 0.6 is 0 Å². The van der Waals surface area contributed by atoms with E-state index in [1.165, 1.54) is 18.4 Å². The van der Waals surface area contributed by atoms with Crippen LogP contribution in [-0.4, -0.2) is 74.2 Å². The van der Waals surface area contributed by atoms with Crippen molar-refractivity contribution >= 4 is 16.1 Å². The Hall–Kier alpha value is -1.14. The third-order valence-corrected chi connectivity index (χ3v) is 4.93. The van der Waals surface area contributed by atoms with E-state index in [1.807, 2.05) is 0 Å². The van der Waals surface area contributed by atoms with Gasteiger partial charge in [-0.1, -0.05) is 0 Å². The van der Waals surface area contributed by atoms with E-state index in [1.54, 1.807) is 4.90 Å². The van der Waals surface area contributed by atoms with Gasteiger partial charge in [-0.15, -0.1) is 12.3 Å². The van der Waals surface area contributed by atoms with Crippen molar-refractivity contribution in [2.75, 3.05) is 40.3 Å². The van der Waals surface area contributed by atoms with E-state index in [0.29, 0.717) is 13.1 Å². The molecule has 7 nitrogen and oxygen atoms in total. The molecule has 1 saturated heterocycles. The van der Waals surface area contributed by atoms with Crippen molar-refractivity contribution in [2.24, 2.45) is 5.73 Å². The van der Waals surface area contributed by atoms with Gasteiger partial charge in [0, 0.05) is 46.7 Å². The van der Waals surface area contributed by atoms with Gasteiger partial charge in [-0.05, 0) is 0 Å². The van der Waals surface area contributed by atoms with Crippen molar-refractivity contribution in [2.45, 2.75) is 12.5 Å². The number of amides is 1. The SMILES string of the molecule is C#CCC(N)C(=O)N1CCN(S(=O)(=O)N(C)C)CC1. The zero-order chi connectivity index (χ0) is 14.6. The number of piperazine rings is 1. The van der Waals surface area contributed by atoms with Crippen LogP contribution in [0.4, 0.5) is 0 Å². The first kappa shape index (κ1) is 15.9. The highest BCUT2D eigenvalue weighted by Crippen LogP contribution is 2.10. The van der Waals surface area contributed by atoms with Gasteiger partial charge in [0.2, 0.25) is 5.91 Å². The lowest BCUT2D eigenvalue weighted by Crippen LogP contribution is -2.55. The van der Waals surface area contributed by atoms with Crippen LogP contribution in [0.25, 0.3) is 0 Å². The van der Waals surface area contributed by atoms with E-state index in [2.05, 4.69) is 5.92 Å². The number of hydrogen-bond donors (Lipinski definition) is 1. The lowest BCUT2D eigenvalue weighted by molar-refractivity contribution is -0.133. The quantitative estimate of drug-likeness (QED) is 0.624. The molecular weight excluding hydrogens is 268 g/mol. The molecule has 1 aliphatic rings. The second-order valence-electron chi connectivity index (χ2n) is 4.53. The molecule has 1 rings (SSSR count). The second-order valence-corrected chi connectivity index (χ2v) is 6.67. The van der Waals surface area contributed by atoms with Gasteiger partial charge in [0.1, 0.15) is 0 Å². The van der Waals surface area contributed by atoms with E-state index < -0.39 is 16.3 Å². The van der Waals surface area contributed by atoms with Crippen molar-refractivity contribution in [1.29, 1.82) is 0 Å². The molecule has 2 N–H and O–H groups in total. The summed E-state index contributed by atoms with van der Waals surface area (Å²) in [7, 11) is -0.451. The number of rotatable bonds is 4. The fourth-order valence-corrected chi connectivity index (χ4v) is 2.91. The highest BCUT2D eigenvalue weighted by molar-refractivity contribution is 7.86. The Labute approximate surface area is 114 Å². The Bertz CT molecular complexity index is 461. The van der Waals surface area contributed by atoms with E-state index in [0.717, 1.165) is 4.31 Å². The summed E-state index contributed by atoms with van der Waals surface area (Å²) >= 11 is 0. The van der Waals surface area contributed by atoms with Crippen LogP contribution in [0.1, 0.15) is 6.42 Å². The molecule has 0 aromatic heterocycles. The van der Waals surface area contributed by atoms with Gasteiger partial charge in [-0.25, -0.2) is 0 Å². The third kappa shape index (κ3) is 3.67. The molecule has 0 aromatic rings. The van der Waals surface area contributed by atoms with Crippen LogP contribution in [0.3, 0.4) is 0 Å². The summed E-state index contributed by atoms with van der Waals surface area (Å²) in [5.74, 6) is 2.13. The topological polar surface area (TPSA) is 87.0 Å². The first-order valence-electron chi connectivity index (χ1n) is 5.96. The summed E-state index contributed by atoms with van der Waals surface area (Å²) in [6.07, 6.45) is 5.30. The van der Waals surface area contributed by atoms with Crippen LogP contribution in [0, 0.1) is 12.3 Å². The van der Waals surface area contributed by atoms with Gasteiger partial charge in [0.25, 0.3) is 10.2 Å². The predicted molar refractivity (Wildman–Crippen MR) is 72.2 cm³/mol. The molecule has 0 bridgehead atoms. The van der Waals surface area contributed by atoms with E-state index in [-0.39, 0.29) is 25.4 Å². The van der Waals surface area contributed by atoms with Crippen molar-refractivity contribution in [3.05, 3.63) is 0 Å². The van der Waals surface area contributed by atoms with Crippen molar-refractivity contribution in [3.8, 4) is 12.3 Å². The van der Waals surface area contributed by atoms with E-state index >= 15 is 0 Å². The normalized spacial score (nSPS) is 19.2. The number of terminal acetylenes is 1. The molecule has 1 amide bonds. The van der Waals surface area contributed by atoms with Crippen LogP contribution < -0.4 is 5.73 Å². The summed E-state index contributed by atoms with van der Waals surface area (Å²) < 4.78 is 26.3. The molecular formula is C11H20N4O3S. The Balaban J connectivity index is 2.59. The molecule has 0 spiro atoms. The Morgan fingerprint density at radius 3 is 2.32 bits per heavy atom. The Morgan fingerprint density at radius 1 is 1.37 bits per heavy atom. The maximum Gasteiger partial charge on any atom is 0.281 e. The predicted octanol–water partition coefficient (Wildman–Crippen LogP) is -1.71. The summed E-state index contributed by atoms with van der Waals surface area (Å²) in [6.45, 7) is 1.22. The van der Waals surface area contributed by atoms with Crippen LogP contribution in [0.15, 0.2) is 0 Å². The minimum absolute atomic E-state index is 0.190. The van der Waals surface area contributed by atoms with Crippen molar-refractivity contribution in [1.82, 2.24) is 13.5 Å². The molecule has 19 heavy (non-hydrogen) atoms. The highest BCUT2D eigenvalue weighted by Gasteiger charge is 2.31. The number of carbonyl (C=O) groups is 1. The summed E-state index contributed by atoms with van der Waals surface area (Å²) in [4.78, 5) is 13.5. The summed E-state index contributed by atoms with van der Waals surface area (Å²) in [5, 5.41) is 0. The van der Waals surface area contributed by atoms with Gasteiger partial charge in [-0.2, -0.15) is 17.0 Å². The molecule has 1 atom stereocenters. The van der Waals surface area contributed by atoms with Gasteiger partial charge in [0.15, 0.2) is 0 Å². The molecule has 1 unspecified atom stereocenters. The van der Waals surface area contributed by atoms with Gasteiger partial charge < -0.3 is 10.6 Å². The largest absolute Gasteiger partial charge is 0.339 e. The van der Waals surface area contributed by atoms with Crippen molar-refractivity contribution in [3.63, 3.8) is 0 Å². The average molecular weight is 288 g/mol. The molecule has 0 radical (unpaired) electrons. The molecule has 0 aromatic carbocycles. The third-order valence-electron chi connectivity index (χ3n) is 2.99. The molecule has 1 fully saturated rings. The van der Waals surface area contributed by atoms with Gasteiger partial charge in [-0.3, -0.25) is 4.79 Å². The zero-order valence-electron chi connectivity index (χ0n) is 11.2. The van der Waals surface area contributed by atoms with Crippen LogP contribution in [-0.2, 0) is 15.0 Å². The fraction of sp³-hybridized carbons (Fsp3) is 0.727. The number of carbonyl (C=O) groups excluding carboxylic acids is 1. The molecule has 8 heteroatoms. The summed E-state index contributed by atoms with van der Waals surface area (Å²) in [6, 6.07) is -0.706. The minimum atomic E-state index is -3.41. The Kier molecular flexibility index (Phi) is 5.31. The van der Waals surface area contributed by atoms with Crippen molar-refractivity contribution < 1.29 is 13.2 Å². The van der Waals surface area contributed by atoms with E-state index in [4.69, 9.17) is 12.2 Å². The standard InChI is InChI=1S/C11H20N4O3S/c1-4-5-10(12)11(16)14-6-8-15(9-7-14)19(17,18)13(2)3/h1,10H,5-9,12H2,2-3H3. The summed E-state index contributed by atoms with van der Waals surface area (Å²) in [5.41, 5.74) is 5.65. The fourth-order valence-electron chi connectivity index (χ4n) is 1.82. The second kappa shape index (κ2) is 6.34. The maximum absolute atomic E-state index is 11.9. The number of nitrogens with two attached hydrogens (primary N) is 1.